The minimum absolute atomic E-state index is 0.513. The average molecular weight is 393 g/mol. The Bertz CT molecular complexity index is 860. The van der Waals surface area contributed by atoms with E-state index in [2.05, 4.69) is 59.0 Å². The Kier molecular flexibility index (Phi) is 4.94. The molecule has 1 aromatic heterocycles. The molecule has 154 valence electrons. The number of anilines is 1. The van der Waals surface area contributed by atoms with Crippen LogP contribution >= 0.6 is 0 Å². The van der Waals surface area contributed by atoms with Crippen molar-refractivity contribution in [2.24, 2.45) is 5.92 Å². The molecule has 1 aromatic carbocycles. The molecule has 0 N–H and O–H groups in total. The largest absolute Gasteiger partial charge is 0.497 e. The molecule has 0 spiro atoms. The summed E-state index contributed by atoms with van der Waals surface area (Å²) in [6.07, 6.45) is 4.67. The molecule has 4 aliphatic rings. The molecule has 0 aliphatic carbocycles. The summed E-state index contributed by atoms with van der Waals surface area (Å²) in [5.41, 5.74) is 2.51. The molecule has 4 fully saturated rings. The fraction of sp³-hybridized carbons (Fsp3) is 0.583. The molecule has 29 heavy (non-hydrogen) atoms. The molecule has 4 saturated heterocycles. The summed E-state index contributed by atoms with van der Waals surface area (Å²) in [6, 6.07) is 12.1. The van der Waals surface area contributed by atoms with Gasteiger partial charge in [0, 0.05) is 42.7 Å². The zero-order chi connectivity index (χ0) is 20.0. The number of rotatable bonds is 5. The van der Waals surface area contributed by atoms with Gasteiger partial charge in [-0.1, -0.05) is 19.1 Å². The van der Waals surface area contributed by atoms with E-state index in [9.17, 15) is 0 Å². The lowest BCUT2D eigenvalue weighted by Crippen LogP contribution is -2.60. The summed E-state index contributed by atoms with van der Waals surface area (Å²) in [5.74, 6) is 4.35. The van der Waals surface area contributed by atoms with Crippen molar-refractivity contribution in [1.82, 2.24) is 14.9 Å². The monoisotopic (exact) mass is 392 g/mol. The molecule has 6 rings (SSSR count). The van der Waals surface area contributed by atoms with Crippen LogP contribution in [0.2, 0.25) is 0 Å². The zero-order valence-corrected chi connectivity index (χ0v) is 17.8. The van der Waals surface area contributed by atoms with E-state index in [4.69, 9.17) is 9.72 Å². The molecular weight excluding hydrogens is 360 g/mol. The fourth-order valence-electron chi connectivity index (χ4n) is 5.92. The smallest absolute Gasteiger partial charge is 0.132 e. The first-order valence-corrected chi connectivity index (χ1v) is 11.2. The maximum atomic E-state index is 5.39. The van der Waals surface area contributed by atoms with Crippen molar-refractivity contribution in [3.63, 3.8) is 0 Å². The van der Waals surface area contributed by atoms with E-state index in [-0.39, 0.29) is 0 Å². The van der Waals surface area contributed by atoms with Gasteiger partial charge < -0.3 is 9.64 Å². The second kappa shape index (κ2) is 7.60. The van der Waals surface area contributed by atoms with Gasteiger partial charge in [0.15, 0.2) is 0 Å². The first kappa shape index (κ1) is 18.9. The van der Waals surface area contributed by atoms with Gasteiger partial charge in [-0.05, 0) is 62.9 Å². The molecule has 2 aromatic rings. The third-order valence-electron chi connectivity index (χ3n) is 7.19. The van der Waals surface area contributed by atoms with Gasteiger partial charge in [0.2, 0.25) is 0 Å². The number of fused-ring (bicyclic) bond motifs is 2. The van der Waals surface area contributed by atoms with Crippen molar-refractivity contribution in [3.05, 3.63) is 47.4 Å². The Morgan fingerprint density at radius 3 is 2.52 bits per heavy atom. The molecule has 5 heterocycles. The lowest BCUT2D eigenvalue weighted by atomic mass is 9.75. The predicted octanol–water partition coefficient (Wildman–Crippen LogP) is 3.81. The maximum Gasteiger partial charge on any atom is 0.132 e. The minimum Gasteiger partial charge on any atom is -0.497 e. The number of ether oxygens (including phenoxy) is 1. The number of aromatic nitrogens is 2. The van der Waals surface area contributed by atoms with E-state index in [1.807, 2.05) is 0 Å². The average Bonchev–Trinajstić information content (AvgIpc) is 3.17. The number of hydrogen-bond donors (Lipinski definition) is 0. The Hall–Kier alpha value is -2.14. The fourth-order valence-corrected chi connectivity index (χ4v) is 5.92. The van der Waals surface area contributed by atoms with Crippen molar-refractivity contribution >= 4 is 5.82 Å². The molecule has 0 unspecified atom stereocenters. The van der Waals surface area contributed by atoms with Crippen molar-refractivity contribution in [2.75, 3.05) is 31.6 Å². The van der Waals surface area contributed by atoms with Crippen LogP contribution < -0.4 is 9.64 Å². The first-order valence-electron chi connectivity index (χ1n) is 11.2. The number of nitrogens with zero attached hydrogens (tertiary/aromatic N) is 4. The molecule has 0 saturated carbocycles. The van der Waals surface area contributed by atoms with Gasteiger partial charge in [0.1, 0.15) is 17.4 Å². The van der Waals surface area contributed by atoms with Crippen LogP contribution in [-0.2, 0) is 6.42 Å². The molecular formula is C24H32N4O. The summed E-state index contributed by atoms with van der Waals surface area (Å²) in [7, 11) is 1.74. The summed E-state index contributed by atoms with van der Waals surface area (Å²) in [5, 5.41) is 0. The predicted molar refractivity (Wildman–Crippen MR) is 116 cm³/mol. The van der Waals surface area contributed by atoms with E-state index in [0.717, 1.165) is 48.4 Å². The number of aryl methyl sites for hydroxylation is 2. The van der Waals surface area contributed by atoms with Gasteiger partial charge in [-0.2, -0.15) is 0 Å². The standard InChI is InChI=1S/C24H32N4O/c1-4-5-21-25-16(2)14-22(26-21)28-15-20(17-6-8-19(29-3)9-7-17)24-23(28)18-10-12-27(24)13-11-18/h6-9,14,18,20,23-24H,4-5,10-13,15H2,1-3H3/t20-,23+,24+/m0/s1. The Labute approximate surface area is 174 Å². The van der Waals surface area contributed by atoms with E-state index in [0.29, 0.717) is 18.0 Å². The lowest BCUT2D eigenvalue weighted by molar-refractivity contribution is 0.0354. The summed E-state index contributed by atoms with van der Waals surface area (Å²) in [6.45, 7) is 7.84. The molecule has 5 heteroatoms. The molecule has 0 radical (unpaired) electrons. The highest BCUT2D eigenvalue weighted by atomic mass is 16.5. The van der Waals surface area contributed by atoms with Gasteiger partial charge in [-0.3, -0.25) is 4.90 Å². The van der Waals surface area contributed by atoms with Crippen LogP contribution in [-0.4, -0.2) is 53.7 Å². The Morgan fingerprint density at radius 1 is 1.07 bits per heavy atom. The number of piperidine rings is 3. The van der Waals surface area contributed by atoms with Crippen LogP contribution in [0.4, 0.5) is 5.82 Å². The van der Waals surface area contributed by atoms with E-state index in [1.54, 1.807) is 7.11 Å². The van der Waals surface area contributed by atoms with Crippen molar-refractivity contribution < 1.29 is 4.74 Å². The first-order chi connectivity index (χ1) is 14.2. The van der Waals surface area contributed by atoms with Gasteiger partial charge in [0.05, 0.1) is 7.11 Å². The second-order valence-electron chi connectivity index (χ2n) is 8.92. The molecule has 0 amide bonds. The number of hydrogen-bond acceptors (Lipinski definition) is 5. The number of benzene rings is 1. The van der Waals surface area contributed by atoms with Gasteiger partial charge in [-0.15, -0.1) is 0 Å². The summed E-state index contributed by atoms with van der Waals surface area (Å²) >= 11 is 0. The molecule has 3 atom stereocenters. The highest BCUT2D eigenvalue weighted by molar-refractivity contribution is 5.48. The molecule has 5 nitrogen and oxygen atoms in total. The third kappa shape index (κ3) is 3.29. The normalized spacial score (nSPS) is 30.4. The number of methoxy groups -OCH3 is 1. The highest BCUT2D eigenvalue weighted by Gasteiger charge is 2.53. The van der Waals surface area contributed by atoms with E-state index < -0.39 is 0 Å². The Morgan fingerprint density at radius 2 is 1.83 bits per heavy atom. The van der Waals surface area contributed by atoms with Crippen LogP contribution in [0.5, 0.6) is 5.75 Å². The van der Waals surface area contributed by atoms with E-state index >= 15 is 0 Å². The molecule has 4 aliphatic heterocycles. The van der Waals surface area contributed by atoms with Crippen LogP contribution in [0.25, 0.3) is 0 Å². The van der Waals surface area contributed by atoms with Gasteiger partial charge >= 0.3 is 0 Å². The molecule has 2 bridgehead atoms. The SMILES string of the molecule is CCCc1nc(C)cc(N2C[C@@H](c3ccc(OC)cc3)[C@@H]3[C@H]2C2CCN3CC2)n1. The lowest BCUT2D eigenvalue weighted by Gasteiger charge is -2.51. The highest BCUT2D eigenvalue weighted by Crippen LogP contribution is 2.47. The quantitative estimate of drug-likeness (QED) is 0.774. The topological polar surface area (TPSA) is 41.5 Å². The van der Waals surface area contributed by atoms with Crippen molar-refractivity contribution in [2.45, 2.75) is 57.5 Å². The van der Waals surface area contributed by atoms with Crippen LogP contribution in [0.15, 0.2) is 30.3 Å². The summed E-state index contributed by atoms with van der Waals surface area (Å²) < 4.78 is 5.39. The van der Waals surface area contributed by atoms with Crippen LogP contribution in [0.1, 0.15) is 49.2 Å². The third-order valence-corrected chi connectivity index (χ3v) is 7.19. The van der Waals surface area contributed by atoms with Crippen LogP contribution in [0.3, 0.4) is 0 Å². The van der Waals surface area contributed by atoms with Crippen molar-refractivity contribution in [3.8, 4) is 5.75 Å². The van der Waals surface area contributed by atoms with Crippen molar-refractivity contribution in [1.29, 1.82) is 0 Å². The second-order valence-corrected chi connectivity index (χ2v) is 8.92. The maximum absolute atomic E-state index is 5.39. The Balaban J connectivity index is 1.53. The van der Waals surface area contributed by atoms with Gasteiger partial charge in [0.25, 0.3) is 0 Å². The van der Waals surface area contributed by atoms with Crippen LogP contribution in [0, 0.1) is 12.8 Å². The minimum atomic E-state index is 0.513. The van der Waals surface area contributed by atoms with E-state index in [1.165, 1.54) is 31.5 Å². The summed E-state index contributed by atoms with van der Waals surface area (Å²) in [4.78, 5) is 15.1. The zero-order valence-electron chi connectivity index (χ0n) is 17.8. The van der Waals surface area contributed by atoms with Gasteiger partial charge in [-0.25, -0.2) is 9.97 Å².